The Bertz CT molecular complexity index is 721. The molecule has 2 rings (SSSR count). The highest BCUT2D eigenvalue weighted by atomic mass is 19.2. The molecule has 0 aliphatic carbocycles. The summed E-state index contributed by atoms with van der Waals surface area (Å²) in [5, 5.41) is 5.54. The van der Waals surface area contributed by atoms with E-state index >= 15 is 0 Å². The van der Waals surface area contributed by atoms with Crippen molar-refractivity contribution >= 4 is 11.7 Å². The first kappa shape index (κ1) is 16.9. The van der Waals surface area contributed by atoms with E-state index in [0.717, 1.165) is 34.5 Å². The Morgan fingerprint density at radius 1 is 1.00 bits per heavy atom. The highest BCUT2D eigenvalue weighted by Crippen LogP contribution is 2.22. The fourth-order valence-corrected chi connectivity index (χ4v) is 2.59. The van der Waals surface area contributed by atoms with Gasteiger partial charge < -0.3 is 10.6 Å². The van der Waals surface area contributed by atoms with Gasteiger partial charge in [0.1, 0.15) is 0 Å². The molecule has 0 aliphatic rings. The van der Waals surface area contributed by atoms with E-state index in [0.29, 0.717) is 5.56 Å². The SMILES string of the molecule is Cc1cc(C)c(NC(=O)NC(C)c2ccc(F)c(F)c2)c(C)c1. The molecule has 3 nitrogen and oxygen atoms in total. The van der Waals surface area contributed by atoms with Crippen LogP contribution in [-0.4, -0.2) is 6.03 Å². The van der Waals surface area contributed by atoms with Crippen LogP contribution in [0.4, 0.5) is 19.3 Å². The van der Waals surface area contributed by atoms with Gasteiger partial charge >= 0.3 is 6.03 Å². The average molecular weight is 318 g/mol. The van der Waals surface area contributed by atoms with Gasteiger partial charge in [0.2, 0.25) is 0 Å². The number of carbonyl (C=O) groups excluding carboxylic acids is 1. The Morgan fingerprint density at radius 3 is 2.17 bits per heavy atom. The fourth-order valence-electron chi connectivity index (χ4n) is 2.59. The molecular weight excluding hydrogens is 298 g/mol. The van der Waals surface area contributed by atoms with Crippen molar-refractivity contribution in [3.05, 3.63) is 64.2 Å². The maximum Gasteiger partial charge on any atom is 0.319 e. The monoisotopic (exact) mass is 318 g/mol. The molecule has 0 heterocycles. The van der Waals surface area contributed by atoms with Crippen molar-refractivity contribution in [3.8, 4) is 0 Å². The van der Waals surface area contributed by atoms with Crippen LogP contribution in [-0.2, 0) is 0 Å². The molecule has 2 aromatic carbocycles. The third-order valence-electron chi connectivity index (χ3n) is 3.71. The normalized spacial score (nSPS) is 11.9. The van der Waals surface area contributed by atoms with Crippen molar-refractivity contribution in [1.29, 1.82) is 0 Å². The molecule has 0 saturated heterocycles. The van der Waals surface area contributed by atoms with E-state index in [4.69, 9.17) is 0 Å². The fraction of sp³-hybridized carbons (Fsp3) is 0.278. The molecule has 0 radical (unpaired) electrons. The molecule has 0 aliphatic heterocycles. The predicted octanol–water partition coefficient (Wildman–Crippen LogP) is 4.77. The zero-order valence-electron chi connectivity index (χ0n) is 13.6. The van der Waals surface area contributed by atoms with Gasteiger partial charge in [0.05, 0.1) is 6.04 Å². The quantitative estimate of drug-likeness (QED) is 0.840. The zero-order valence-corrected chi connectivity index (χ0v) is 13.6. The summed E-state index contributed by atoms with van der Waals surface area (Å²) >= 11 is 0. The highest BCUT2D eigenvalue weighted by Gasteiger charge is 2.13. The summed E-state index contributed by atoms with van der Waals surface area (Å²) in [4.78, 5) is 12.1. The number of anilines is 1. The Hall–Kier alpha value is -2.43. The minimum Gasteiger partial charge on any atom is -0.331 e. The number of hydrogen-bond donors (Lipinski definition) is 2. The van der Waals surface area contributed by atoms with Gasteiger partial charge in [-0.25, -0.2) is 13.6 Å². The summed E-state index contributed by atoms with van der Waals surface area (Å²) in [6.45, 7) is 7.55. The van der Waals surface area contributed by atoms with Gasteiger partial charge in [0, 0.05) is 5.69 Å². The number of hydrogen-bond acceptors (Lipinski definition) is 1. The van der Waals surface area contributed by atoms with Crippen LogP contribution in [0.5, 0.6) is 0 Å². The molecule has 122 valence electrons. The number of rotatable bonds is 3. The van der Waals surface area contributed by atoms with Crippen LogP contribution in [0.2, 0.25) is 0 Å². The van der Waals surface area contributed by atoms with Crippen molar-refractivity contribution < 1.29 is 13.6 Å². The van der Waals surface area contributed by atoms with Crippen molar-refractivity contribution in [2.75, 3.05) is 5.32 Å². The van der Waals surface area contributed by atoms with Gasteiger partial charge in [-0.1, -0.05) is 23.8 Å². The standard InChI is InChI=1S/C18H20F2N2O/c1-10-7-11(2)17(12(3)8-10)22-18(23)21-13(4)14-5-6-15(19)16(20)9-14/h5-9,13H,1-4H3,(H2,21,22,23). The van der Waals surface area contributed by atoms with E-state index in [2.05, 4.69) is 10.6 Å². The lowest BCUT2D eigenvalue weighted by molar-refractivity contribution is 0.249. The van der Waals surface area contributed by atoms with Crippen LogP contribution in [0.15, 0.2) is 30.3 Å². The second kappa shape index (κ2) is 6.77. The van der Waals surface area contributed by atoms with Crippen molar-refractivity contribution in [3.63, 3.8) is 0 Å². The number of nitrogens with one attached hydrogen (secondary N) is 2. The van der Waals surface area contributed by atoms with Gasteiger partial charge in [-0.05, 0) is 56.5 Å². The zero-order chi connectivity index (χ0) is 17.1. The first-order valence-corrected chi connectivity index (χ1v) is 7.38. The summed E-state index contributed by atoms with van der Waals surface area (Å²) in [5.74, 6) is -1.84. The van der Waals surface area contributed by atoms with E-state index in [9.17, 15) is 13.6 Å². The van der Waals surface area contributed by atoms with E-state index < -0.39 is 23.7 Å². The molecule has 2 amide bonds. The number of benzene rings is 2. The number of halogens is 2. The summed E-state index contributed by atoms with van der Waals surface area (Å²) in [5.41, 5.74) is 4.32. The second-order valence-electron chi connectivity index (χ2n) is 5.77. The lowest BCUT2D eigenvalue weighted by atomic mass is 10.1. The van der Waals surface area contributed by atoms with E-state index in [1.807, 2.05) is 32.9 Å². The number of amides is 2. The van der Waals surface area contributed by atoms with Crippen LogP contribution < -0.4 is 10.6 Å². The molecule has 1 atom stereocenters. The molecule has 0 spiro atoms. The molecular formula is C18H20F2N2O. The smallest absolute Gasteiger partial charge is 0.319 e. The summed E-state index contributed by atoms with van der Waals surface area (Å²) < 4.78 is 26.2. The first-order chi connectivity index (χ1) is 10.8. The number of aryl methyl sites for hydroxylation is 3. The number of carbonyl (C=O) groups is 1. The van der Waals surface area contributed by atoms with E-state index in [1.165, 1.54) is 6.07 Å². The van der Waals surface area contributed by atoms with Crippen LogP contribution in [0.1, 0.15) is 35.2 Å². The molecule has 2 aromatic rings. The van der Waals surface area contributed by atoms with Gasteiger partial charge in [-0.2, -0.15) is 0 Å². The molecule has 23 heavy (non-hydrogen) atoms. The Balaban J connectivity index is 2.09. The maximum absolute atomic E-state index is 13.3. The van der Waals surface area contributed by atoms with Gasteiger partial charge in [0.25, 0.3) is 0 Å². The van der Waals surface area contributed by atoms with Gasteiger partial charge in [-0.15, -0.1) is 0 Å². The van der Waals surface area contributed by atoms with Crippen LogP contribution >= 0.6 is 0 Å². The predicted molar refractivity (Wildman–Crippen MR) is 87.6 cm³/mol. The van der Waals surface area contributed by atoms with Crippen LogP contribution in [0.3, 0.4) is 0 Å². The van der Waals surface area contributed by atoms with Crippen molar-refractivity contribution in [2.24, 2.45) is 0 Å². The largest absolute Gasteiger partial charge is 0.331 e. The Morgan fingerprint density at radius 2 is 1.61 bits per heavy atom. The maximum atomic E-state index is 13.3. The van der Waals surface area contributed by atoms with Crippen molar-refractivity contribution in [1.82, 2.24) is 5.32 Å². The molecule has 0 bridgehead atoms. The first-order valence-electron chi connectivity index (χ1n) is 7.38. The molecule has 1 unspecified atom stereocenters. The topological polar surface area (TPSA) is 41.1 Å². The molecule has 0 saturated carbocycles. The summed E-state index contributed by atoms with van der Waals surface area (Å²) in [7, 11) is 0. The summed E-state index contributed by atoms with van der Waals surface area (Å²) in [6.07, 6.45) is 0. The van der Waals surface area contributed by atoms with E-state index in [1.54, 1.807) is 6.92 Å². The highest BCUT2D eigenvalue weighted by molar-refractivity contribution is 5.91. The molecule has 0 aromatic heterocycles. The Labute approximate surface area is 134 Å². The summed E-state index contributed by atoms with van der Waals surface area (Å²) in [6, 6.07) is 6.72. The molecule has 5 heteroatoms. The lowest BCUT2D eigenvalue weighted by Crippen LogP contribution is -2.31. The van der Waals surface area contributed by atoms with Crippen LogP contribution in [0.25, 0.3) is 0 Å². The minimum absolute atomic E-state index is 0.391. The van der Waals surface area contributed by atoms with Crippen molar-refractivity contribution in [2.45, 2.75) is 33.7 Å². The molecule has 0 fully saturated rings. The third kappa shape index (κ3) is 4.06. The van der Waals surface area contributed by atoms with Gasteiger partial charge in [0.15, 0.2) is 11.6 Å². The average Bonchev–Trinajstić information content (AvgIpc) is 2.45. The molecule has 2 N–H and O–H groups in total. The number of urea groups is 1. The van der Waals surface area contributed by atoms with E-state index in [-0.39, 0.29) is 0 Å². The minimum atomic E-state index is -0.929. The third-order valence-corrected chi connectivity index (χ3v) is 3.71. The Kier molecular flexibility index (Phi) is 4.98. The lowest BCUT2D eigenvalue weighted by Gasteiger charge is -2.17. The van der Waals surface area contributed by atoms with Crippen LogP contribution in [0, 0.1) is 32.4 Å². The van der Waals surface area contributed by atoms with Gasteiger partial charge in [-0.3, -0.25) is 0 Å². The second-order valence-corrected chi connectivity index (χ2v) is 5.77.